The van der Waals surface area contributed by atoms with Gasteiger partial charge in [-0.3, -0.25) is 4.79 Å². The average molecular weight is 353 g/mol. The summed E-state index contributed by atoms with van der Waals surface area (Å²) in [5.41, 5.74) is 3.97. The maximum Gasteiger partial charge on any atom is 0.336 e. The molecule has 8 heteroatoms. The van der Waals surface area contributed by atoms with Crippen LogP contribution >= 0.6 is 0 Å². The number of carbonyl (C=O) groups excluding carboxylic acids is 1. The first kappa shape index (κ1) is 17.5. The van der Waals surface area contributed by atoms with Crippen LogP contribution in [0.25, 0.3) is 5.78 Å². The third kappa shape index (κ3) is 3.39. The van der Waals surface area contributed by atoms with Gasteiger partial charge >= 0.3 is 5.97 Å². The second kappa shape index (κ2) is 6.91. The van der Waals surface area contributed by atoms with Gasteiger partial charge in [-0.05, 0) is 50.5 Å². The molecule has 0 fully saturated rings. The highest BCUT2D eigenvalue weighted by molar-refractivity contribution is 5.94. The van der Waals surface area contributed by atoms with Crippen LogP contribution in [0.4, 0.5) is 5.69 Å². The molecular formula is C18H19N5O3. The van der Waals surface area contributed by atoms with Crippen molar-refractivity contribution in [1.82, 2.24) is 19.6 Å². The summed E-state index contributed by atoms with van der Waals surface area (Å²) in [6, 6.07) is 4.84. The van der Waals surface area contributed by atoms with Gasteiger partial charge in [0, 0.05) is 23.5 Å². The summed E-state index contributed by atoms with van der Waals surface area (Å²) in [4.78, 5) is 31.9. The lowest BCUT2D eigenvalue weighted by Gasteiger charge is -2.11. The van der Waals surface area contributed by atoms with E-state index < -0.39 is 5.97 Å². The smallest absolute Gasteiger partial charge is 0.336 e. The molecular weight excluding hydrogens is 334 g/mol. The molecule has 0 saturated heterocycles. The van der Waals surface area contributed by atoms with Gasteiger partial charge in [-0.15, -0.1) is 0 Å². The molecule has 0 atom stereocenters. The summed E-state index contributed by atoms with van der Waals surface area (Å²) >= 11 is 0. The molecule has 3 aromatic rings. The fourth-order valence-corrected chi connectivity index (χ4v) is 2.91. The maximum absolute atomic E-state index is 12.3. The third-order valence-electron chi connectivity index (χ3n) is 4.34. The number of fused-ring (bicyclic) bond motifs is 1. The average Bonchev–Trinajstić information content (AvgIpc) is 3.04. The molecule has 8 nitrogen and oxygen atoms in total. The van der Waals surface area contributed by atoms with E-state index in [2.05, 4.69) is 20.4 Å². The number of aryl methyl sites for hydroxylation is 3. The molecule has 2 aromatic heterocycles. The van der Waals surface area contributed by atoms with Crippen molar-refractivity contribution >= 4 is 23.3 Å². The van der Waals surface area contributed by atoms with E-state index in [1.54, 1.807) is 23.6 Å². The summed E-state index contributed by atoms with van der Waals surface area (Å²) in [7, 11) is 0. The van der Waals surface area contributed by atoms with Crippen LogP contribution in [0.5, 0.6) is 0 Å². The van der Waals surface area contributed by atoms with E-state index in [1.165, 1.54) is 12.4 Å². The minimum atomic E-state index is -1.02. The van der Waals surface area contributed by atoms with Crippen molar-refractivity contribution in [2.45, 2.75) is 33.6 Å². The van der Waals surface area contributed by atoms with Gasteiger partial charge in [-0.2, -0.15) is 10.1 Å². The number of rotatable bonds is 5. The largest absolute Gasteiger partial charge is 0.478 e. The van der Waals surface area contributed by atoms with Crippen LogP contribution in [0.3, 0.4) is 0 Å². The number of nitrogens with one attached hydrogen (secondary N) is 1. The van der Waals surface area contributed by atoms with Crippen LogP contribution in [0, 0.1) is 20.8 Å². The predicted molar refractivity (Wildman–Crippen MR) is 95.3 cm³/mol. The fourth-order valence-electron chi connectivity index (χ4n) is 2.91. The molecule has 0 aliphatic heterocycles. The molecule has 0 aliphatic carbocycles. The summed E-state index contributed by atoms with van der Waals surface area (Å²) in [5.74, 6) is -0.672. The Kier molecular flexibility index (Phi) is 4.66. The first-order valence-corrected chi connectivity index (χ1v) is 8.16. The van der Waals surface area contributed by atoms with Crippen LogP contribution in [0.1, 0.15) is 39.3 Å². The van der Waals surface area contributed by atoms with Crippen molar-refractivity contribution in [3.8, 4) is 0 Å². The van der Waals surface area contributed by atoms with Gasteiger partial charge in [0.05, 0.1) is 5.56 Å². The zero-order valence-electron chi connectivity index (χ0n) is 14.8. The van der Waals surface area contributed by atoms with Gasteiger partial charge in [-0.1, -0.05) is 6.07 Å². The van der Waals surface area contributed by atoms with Gasteiger partial charge in [0.1, 0.15) is 6.33 Å². The second-order valence-corrected chi connectivity index (χ2v) is 6.12. The van der Waals surface area contributed by atoms with Crippen LogP contribution in [0.15, 0.2) is 24.5 Å². The monoisotopic (exact) mass is 353 g/mol. The number of carboxylic acids is 1. The Morgan fingerprint density at radius 3 is 2.73 bits per heavy atom. The number of nitrogens with zero attached hydrogens (tertiary/aromatic N) is 4. The summed E-state index contributed by atoms with van der Waals surface area (Å²) in [6.45, 7) is 5.52. The number of hydrogen-bond donors (Lipinski definition) is 2. The van der Waals surface area contributed by atoms with Gasteiger partial charge in [0.15, 0.2) is 0 Å². The van der Waals surface area contributed by atoms with Crippen LogP contribution in [0.2, 0.25) is 0 Å². The molecule has 0 radical (unpaired) electrons. The predicted octanol–water partition coefficient (Wildman–Crippen LogP) is 2.32. The number of hydrogen-bond acceptors (Lipinski definition) is 5. The fraction of sp³-hybridized carbons (Fsp3) is 0.278. The topological polar surface area (TPSA) is 109 Å². The number of benzene rings is 1. The lowest BCUT2D eigenvalue weighted by molar-refractivity contribution is -0.116. The number of carbonyl (C=O) groups is 2. The third-order valence-corrected chi connectivity index (χ3v) is 4.34. The van der Waals surface area contributed by atoms with Gasteiger partial charge in [0.2, 0.25) is 5.91 Å². The van der Waals surface area contributed by atoms with E-state index in [4.69, 9.17) is 0 Å². The minimum absolute atomic E-state index is 0.176. The number of amides is 1. The van der Waals surface area contributed by atoms with E-state index in [-0.39, 0.29) is 17.9 Å². The molecule has 0 bridgehead atoms. The Bertz CT molecular complexity index is 1010. The first-order valence-electron chi connectivity index (χ1n) is 8.16. The van der Waals surface area contributed by atoms with Gasteiger partial charge in [-0.25, -0.2) is 14.3 Å². The quantitative estimate of drug-likeness (QED) is 0.728. The van der Waals surface area contributed by atoms with Crippen molar-refractivity contribution in [2.24, 2.45) is 0 Å². The molecule has 0 spiro atoms. The zero-order chi connectivity index (χ0) is 18.8. The van der Waals surface area contributed by atoms with E-state index in [9.17, 15) is 14.7 Å². The SMILES string of the molecule is Cc1ccc(NC(=O)CCc2c(C)nc3ncnn3c2C)cc1C(=O)O. The Hall–Kier alpha value is -3.29. The lowest BCUT2D eigenvalue weighted by atomic mass is 10.1. The second-order valence-electron chi connectivity index (χ2n) is 6.12. The maximum atomic E-state index is 12.3. The molecule has 134 valence electrons. The molecule has 2 N–H and O–H groups in total. The minimum Gasteiger partial charge on any atom is -0.478 e. The van der Waals surface area contributed by atoms with Crippen molar-refractivity contribution in [2.75, 3.05) is 5.32 Å². The van der Waals surface area contributed by atoms with Crippen LogP contribution in [-0.2, 0) is 11.2 Å². The first-order chi connectivity index (χ1) is 12.4. The Morgan fingerprint density at radius 2 is 2.00 bits per heavy atom. The highest BCUT2D eigenvalue weighted by atomic mass is 16.4. The van der Waals surface area contributed by atoms with Crippen molar-refractivity contribution in [1.29, 1.82) is 0 Å². The standard InChI is InChI=1S/C18H19N5O3/c1-10-4-5-13(8-15(10)17(25)26)22-16(24)7-6-14-11(2)21-18-19-9-20-23(18)12(14)3/h4-5,8-9H,6-7H2,1-3H3,(H,22,24)(H,25,26). The van der Waals surface area contributed by atoms with Crippen molar-refractivity contribution < 1.29 is 14.7 Å². The van der Waals surface area contributed by atoms with Crippen molar-refractivity contribution in [3.05, 3.63) is 52.6 Å². The van der Waals surface area contributed by atoms with Crippen molar-refractivity contribution in [3.63, 3.8) is 0 Å². The van der Waals surface area contributed by atoms with Gasteiger partial charge < -0.3 is 10.4 Å². The summed E-state index contributed by atoms with van der Waals surface area (Å²) in [5, 5.41) is 16.1. The van der Waals surface area contributed by atoms with Gasteiger partial charge in [0.25, 0.3) is 5.78 Å². The highest BCUT2D eigenvalue weighted by Crippen LogP contribution is 2.18. The Balaban J connectivity index is 1.72. The molecule has 0 unspecified atom stereocenters. The number of carboxylic acid groups (broad SMARTS) is 1. The van der Waals surface area contributed by atoms with E-state index in [1.807, 2.05) is 13.8 Å². The van der Waals surface area contributed by atoms with E-state index in [0.717, 1.165) is 17.0 Å². The summed E-state index contributed by atoms with van der Waals surface area (Å²) < 4.78 is 1.65. The molecule has 0 saturated carbocycles. The lowest BCUT2D eigenvalue weighted by Crippen LogP contribution is -2.15. The molecule has 3 rings (SSSR count). The van der Waals surface area contributed by atoms with Crippen LogP contribution < -0.4 is 5.32 Å². The molecule has 1 aromatic carbocycles. The molecule has 1 amide bonds. The highest BCUT2D eigenvalue weighted by Gasteiger charge is 2.13. The Labute approximate surface area is 149 Å². The molecule has 26 heavy (non-hydrogen) atoms. The normalized spacial score (nSPS) is 10.9. The zero-order valence-corrected chi connectivity index (χ0v) is 14.8. The number of aromatic carboxylic acids is 1. The summed E-state index contributed by atoms with van der Waals surface area (Å²) in [6.07, 6.45) is 2.20. The van der Waals surface area contributed by atoms with Crippen LogP contribution in [-0.4, -0.2) is 36.6 Å². The number of anilines is 1. The number of aromatic nitrogens is 4. The van der Waals surface area contributed by atoms with E-state index >= 15 is 0 Å². The molecule has 0 aliphatic rings. The van der Waals surface area contributed by atoms with E-state index in [0.29, 0.717) is 23.4 Å². The molecule has 2 heterocycles. The Morgan fingerprint density at radius 1 is 1.23 bits per heavy atom.